The van der Waals surface area contributed by atoms with Crippen LogP contribution in [0.15, 0.2) is 18.2 Å². The van der Waals surface area contributed by atoms with Crippen molar-refractivity contribution >= 4 is 21.7 Å². The molecule has 0 bridgehead atoms. The standard InChI is InChI=1S/C18H27BrO3/c1-22-18-14-15(11-12-17(18)21)16(20)10-8-6-4-2-3-5-7-9-13-19/h11-12,14,21H,2-10,13H2,1H3. The monoisotopic (exact) mass is 370 g/mol. The topological polar surface area (TPSA) is 46.5 Å². The molecule has 0 aliphatic carbocycles. The Hall–Kier alpha value is -1.03. The Morgan fingerprint density at radius 3 is 2.23 bits per heavy atom. The number of unbranched alkanes of at least 4 members (excludes halogenated alkanes) is 7. The highest BCUT2D eigenvalue weighted by Crippen LogP contribution is 2.27. The number of halogens is 1. The largest absolute Gasteiger partial charge is 0.504 e. The number of benzene rings is 1. The molecule has 4 heteroatoms. The zero-order valence-corrected chi connectivity index (χ0v) is 15.0. The van der Waals surface area contributed by atoms with Gasteiger partial charge in [-0.15, -0.1) is 0 Å². The first-order chi connectivity index (χ1) is 10.7. The number of carbonyl (C=O) groups is 1. The summed E-state index contributed by atoms with van der Waals surface area (Å²) in [5.41, 5.74) is 0.615. The fraction of sp³-hybridized carbons (Fsp3) is 0.611. The maximum absolute atomic E-state index is 12.1. The second kappa shape index (κ2) is 11.5. The lowest BCUT2D eigenvalue weighted by molar-refractivity contribution is 0.0978. The molecule has 1 aromatic rings. The summed E-state index contributed by atoms with van der Waals surface area (Å²) in [5, 5.41) is 10.6. The van der Waals surface area contributed by atoms with Crippen molar-refractivity contribution < 1.29 is 14.6 Å². The maximum atomic E-state index is 12.1. The van der Waals surface area contributed by atoms with E-state index in [1.807, 2.05) is 0 Å². The van der Waals surface area contributed by atoms with Gasteiger partial charge in [-0.05, 0) is 31.0 Å². The van der Waals surface area contributed by atoms with Gasteiger partial charge in [0.2, 0.25) is 0 Å². The molecule has 0 spiro atoms. The Bertz CT molecular complexity index is 446. The Morgan fingerprint density at radius 2 is 1.64 bits per heavy atom. The van der Waals surface area contributed by atoms with Crippen molar-refractivity contribution in [2.75, 3.05) is 12.4 Å². The van der Waals surface area contributed by atoms with E-state index in [1.54, 1.807) is 12.1 Å². The molecule has 0 unspecified atom stereocenters. The van der Waals surface area contributed by atoms with Gasteiger partial charge in [-0.1, -0.05) is 54.5 Å². The average molecular weight is 371 g/mol. The number of phenolic OH excluding ortho intramolecular Hbond substituents is 1. The van der Waals surface area contributed by atoms with Crippen LogP contribution in [0.25, 0.3) is 0 Å². The van der Waals surface area contributed by atoms with E-state index in [4.69, 9.17) is 4.74 Å². The Morgan fingerprint density at radius 1 is 1.05 bits per heavy atom. The van der Waals surface area contributed by atoms with Crippen LogP contribution in [0.4, 0.5) is 0 Å². The third kappa shape index (κ3) is 7.30. The first-order valence-corrected chi connectivity index (χ1v) is 9.27. The van der Waals surface area contributed by atoms with Crippen molar-refractivity contribution in [1.29, 1.82) is 0 Å². The Balaban J connectivity index is 2.16. The Labute approximate surface area is 142 Å². The minimum atomic E-state index is 0.0685. The van der Waals surface area contributed by atoms with Crippen molar-refractivity contribution in [3.8, 4) is 11.5 Å². The summed E-state index contributed by atoms with van der Waals surface area (Å²) in [4.78, 5) is 12.1. The van der Waals surface area contributed by atoms with Crippen LogP contribution in [0.5, 0.6) is 11.5 Å². The van der Waals surface area contributed by atoms with Gasteiger partial charge >= 0.3 is 0 Å². The van der Waals surface area contributed by atoms with Crippen LogP contribution < -0.4 is 4.74 Å². The van der Waals surface area contributed by atoms with Crippen molar-refractivity contribution in [2.24, 2.45) is 0 Å². The third-order valence-electron chi connectivity index (χ3n) is 3.79. The summed E-state index contributed by atoms with van der Waals surface area (Å²) < 4.78 is 5.03. The van der Waals surface area contributed by atoms with Crippen molar-refractivity contribution in [2.45, 2.75) is 57.8 Å². The van der Waals surface area contributed by atoms with Crippen LogP contribution in [0.2, 0.25) is 0 Å². The zero-order valence-electron chi connectivity index (χ0n) is 13.4. The molecule has 0 saturated carbocycles. The number of ether oxygens (including phenoxy) is 1. The average Bonchev–Trinajstić information content (AvgIpc) is 2.53. The highest BCUT2D eigenvalue weighted by atomic mass is 79.9. The number of ketones is 1. The van der Waals surface area contributed by atoms with Crippen LogP contribution in [0.1, 0.15) is 68.1 Å². The Kier molecular flexibility index (Phi) is 9.96. The smallest absolute Gasteiger partial charge is 0.163 e. The molecule has 0 fully saturated rings. The van der Waals surface area contributed by atoms with Crippen molar-refractivity contribution in [3.05, 3.63) is 23.8 Å². The summed E-state index contributed by atoms with van der Waals surface area (Å²) in [6.07, 6.45) is 10.3. The van der Waals surface area contributed by atoms with Gasteiger partial charge in [-0.2, -0.15) is 0 Å². The summed E-state index contributed by atoms with van der Waals surface area (Å²) in [7, 11) is 1.49. The number of aromatic hydroxyl groups is 1. The molecule has 0 atom stereocenters. The maximum Gasteiger partial charge on any atom is 0.163 e. The second-order valence-electron chi connectivity index (χ2n) is 5.58. The molecule has 0 aliphatic rings. The number of methoxy groups -OCH3 is 1. The molecule has 0 aromatic heterocycles. The van der Waals surface area contributed by atoms with Crippen molar-refractivity contribution in [1.82, 2.24) is 0 Å². The zero-order chi connectivity index (χ0) is 16.2. The van der Waals surface area contributed by atoms with E-state index in [1.165, 1.54) is 51.7 Å². The normalized spacial score (nSPS) is 10.6. The molecule has 0 saturated heterocycles. The first-order valence-electron chi connectivity index (χ1n) is 8.15. The lowest BCUT2D eigenvalue weighted by atomic mass is 10.0. The van der Waals surface area contributed by atoms with Gasteiger partial charge in [-0.3, -0.25) is 4.79 Å². The molecule has 0 heterocycles. The molecule has 1 rings (SSSR count). The third-order valence-corrected chi connectivity index (χ3v) is 4.35. The van der Waals surface area contributed by atoms with Crippen molar-refractivity contribution in [3.63, 3.8) is 0 Å². The fourth-order valence-electron chi connectivity index (χ4n) is 2.44. The molecule has 3 nitrogen and oxygen atoms in total. The van der Waals surface area contributed by atoms with E-state index in [0.29, 0.717) is 17.7 Å². The minimum Gasteiger partial charge on any atom is -0.504 e. The number of Topliss-reactive ketones (excluding diaryl/α,β-unsaturated/α-hetero) is 1. The summed E-state index contributed by atoms with van der Waals surface area (Å²) in [6.45, 7) is 0. The van der Waals surface area contributed by atoms with Crippen LogP contribution >= 0.6 is 15.9 Å². The molecule has 22 heavy (non-hydrogen) atoms. The molecule has 1 N–H and O–H groups in total. The van der Waals surface area contributed by atoms with Gasteiger partial charge in [-0.25, -0.2) is 0 Å². The molecule has 1 aromatic carbocycles. The molecule has 0 radical (unpaired) electrons. The quantitative estimate of drug-likeness (QED) is 0.300. The van der Waals surface area contributed by atoms with Gasteiger partial charge < -0.3 is 9.84 Å². The van der Waals surface area contributed by atoms with E-state index >= 15 is 0 Å². The second-order valence-corrected chi connectivity index (χ2v) is 6.37. The number of phenols is 1. The molecule has 0 amide bonds. The van der Waals surface area contributed by atoms with E-state index in [2.05, 4.69) is 15.9 Å². The SMILES string of the molecule is COc1cc(C(=O)CCCCCCCCCCBr)ccc1O. The number of carbonyl (C=O) groups excluding carboxylic acids is 1. The number of rotatable bonds is 12. The van der Waals surface area contributed by atoms with Crippen LogP contribution in [0, 0.1) is 0 Å². The summed E-state index contributed by atoms with van der Waals surface area (Å²) in [5.74, 6) is 0.545. The lowest BCUT2D eigenvalue weighted by Crippen LogP contribution is -1.99. The van der Waals surface area contributed by atoms with E-state index in [0.717, 1.165) is 18.2 Å². The molecular formula is C18H27BrO3. The van der Waals surface area contributed by atoms with Gasteiger partial charge in [0.25, 0.3) is 0 Å². The lowest BCUT2D eigenvalue weighted by Gasteiger charge is -2.06. The summed E-state index contributed by atoms with van der Waals surface area (Å²) in [6, 6.07) is 4.78. The van der Waals surface area contributed by atoms with E-state index in [9.17, 15) is 9.90 Å². The minimum absolute atomic E-state index is 0.0685. The predicted octanol–water partition coefficient (Wildman–Crippen LogP) is 5.49. The first kappa shape index (κ1) is 19.0. The fourth-order valence-corrected chi connectivity index (χ4v) is 2.83. The molecule has 0 aliphatic heterocycles. The van der Waals surface area contributed by atoms with Crippen LogP contribution in [0.3, 0.4) is 0 Å². The van der Waals surface area contributed by atoms with Crippen LogP contribution in [-0.2, 0) is 0 Å². The highest BCUT2D eigenvalue weighted by Gasteiger charge is 2.09. The van der Waals surface area contributed by atoms with E-state index in [-0.39, 0.29) is 11.5 Å². The number of hydrogen-bond acceptors (Lipinski definition) is 3. The highest BCUT2D eigenvalue weighted by molar-refractivity contribution is 9.09. The van der Waals surface area contributed by atoms with E-state index < -0.39 is 0 Å². The number of hydrogen-bond donors (Lipinski definition) is 1. The molecule has 124 valence electrons. The summed E-state index contributed by atoms with van der Waals surface area (Å²) >= 11 is 3.44. The predicted molar refractivity (Wildman–Crippen MR) is 94.3 cm³/mol. The molecular weight excluding hydrogens is 344 g/mol. The van der Waals surface area contributed by atoms with Crippen LogP contribution in [-0.4, -0.2) is 23.3 Å². The van der Waals surface area contributed by atoms with Gasteiger partial charge in [0.1, 0.15) is 0 Å². The van der Waals surface area contributed by atoms with Gasteiger partial charge in [0, 0.05) is 17.3 Å². The number of alkyl halides is 1. The van der Waals surface area contributed by atoms with Gasteiger partial charge in [0.05, 0.1) is 7.11 Å². The van der Waals surface area contributed by atoms with Gasteiger partial charge in [0.15, 0.2) is 17.3 Å².